The second kappa shape index (κ2) is 5.09. The molecule has 4 heteroatoms. The van der Waals surface area contributed by atoms with E-state index in [1.807, 2.05) is 13.1 Å². The minimum Gasteiger partial charge on any atom is -0.321 e. The first-order chi connectivity index (χ1) is 9.62. The first kappa shape index (κ1) is 13.4. The van der Waals surface area contributed by atoms with Crippen molar-refractivity contribution < 1.29 is 4.79 Å². The molecule has 1 heterocycles. The minimum atomic E-state index is -0.235. The molecule has 2 aliphatic rings. The number of carbonyl (C=O) groups is 1. The lowest BCUT2D eigenvalue weighted by atomic mass is 9.77. The van der Waals surface area contributed by atoms with Crippen molar-refractivity contribution >= 4 is 11.6 Å². The van der Waals surface area contributed by atoms with E-state index in [4.69, 9.17) is 5.73 Å². The molecule has 1 saturated carbocycles. The zero-order valence-corrected chi connectivity index (χ0v) is 12.1. The predicted molar refractivity (Wildman–Crippen MR) is 80.1 cm³/mol. The van der Waals surface area contributed by atoms with Crippen LogP contribution in [0.15, 0.2) is 24.3 Å². The van der Waals surface area contributed by atoms with Gasteiger partial charge in [0.05, 0.1) is 5.69 Å². The topological polar surface area (TPSA) is 49.6 Å². The molecule has 0 atom stereocenters. The molecule has 20 heavy (non-hydrogen) atoms. The number of hydrogen-bond donors (Lipinski definition) is 1. The second-order valence-corrected chi connectivity index (χ2v) is 6.02. The SMILES string of the molecule is CN1C(=O)CCN1c1ccccc1C1(N)CCCCC1. The normalized spacial score (nSPS) is 22.4. The number of rotatable bonds is 2. The van der Waals surface area contributed by atoms with Gasteiger partial charge in [0.15, 0.2) is 0 Å². The van der Waals surface area contributed by atoms with Gasteiger partial charge < -0.3 is 5.73 Å². The highest BCUT2D eigenvalue weighted by atomic mass is 16.2. The van der Waals surface area contributed by atoms with Crippen LogP contribution in [0.4, 0.5) is 5.69 Å². The van der Waals surface area contributed by atoms with E-state index < -0.39 is 0 Å². The second-order valence-electron chi connectivity index (χ2n) is 6.02. The molecule has 1 saturated heterocycles. The molecule has 1 aliphatic heterocycles. The zero-order chi connectivity index (χ0) is 14.2. The number of amides is 1. The van der Waals surface area contributed by atoms with Gasteiger partial charge in [0, 0.05) is 25.6 Å². The van der Waals surface area contributed by atoms with E-state index >= 15 is 0 Å². The third-order valence-corrected chi connectivity index (χ3v) is 4.72. The van der Waals surface area contributed by atoms with E-state index in [0.29, 0.717) is 6.42 Å². The maximum absolute atomic E-state index is 11.8. The predicted octanol–water partition coefficient (Wildman–Crippen LogP) is 2.39. The van der Waals surface area contributed by atoms with Gasteiger partial charge in [0.25, 0.3) is 0 Å². The third kappa shape index (κ3) is 2.18. The van der Waals surface area contributed by atoms with Crippen molar-refractivity contribution in [3.8, 4) is 0 Å². The van der Waals surface area contributed by atoms with Crippen molar-refractivity contribution in [2.24, 2.45) is 5.73 Å². The average Bonchev–Trinajstić information content (AvgIpc) is 2.80. The Balaban J connectivity index is 1.98. The Morgan fingerprint density at radius 2 is 1.85 bits per heavy atom. The lowest BCUT2D eigenvalue weighted by Crippen LogP contribution is -2.42. The molecule has 1 aliphatic carbocycles. The molecule has 4 nitrogen and oxygen atoms in total. The summed E-state index contributed by atoms with van der Waals surface area (Å²) in [5.74, 6) is 0.175. The molecule has 0 radical (unpaired) electrons. The number of nitrogens with zero attached hydrogens (tertiary/aromatic N) is 2. The molecule has 2 N–H and O–H groups in total. The number of carbonyl (C=O) groups excluding carboxylic acids is 1. The summed E-state index contributed by atoms with van der Waals surface area (Å²) in [6.07, 6.45) is 6.33. The molecule has 2 fully saturated rings. The van der Waals surface area contributed by atoms with Gasteiger partial charge in [0.1, 0.15) is 0 Å². The Morgan fingerprint density at radius 3 is 2.50 bits per heavy atom. The maximum Gasteiger partial charge on any atom is 0.242 e. The van der Waals surface area contributed by atoms with Crippen LogP contribution >= 0.6 is 0 Å². The Hall–Kier alpha value is -1.55. The molecular formula is C16H23N3O. The molecule has 0 spiro atoms. The number of hydrazine groups is 1. The van der Waals surface area contributed by atoms with Crippen molar-refractivity contribution in [1.82, 2.24) is 5.01 Å². The van der Waals surface area contributed by atoms with Gasteiger partial charge in [-0.1, -0.05) is 37.5 Å². The summed E-state index contributed by atoms with van der Waals surface area (Å²) < 4.78 is 0. The standard InChI is InChI=1S/C16H23N3O/c1-18-15(20)9-12-19(18)14-8-4-3-7-13(14)16(17)10-5-2-6-11-16/h3-4,7-8H,2,5-6,9-12,17H2,1H3. The van der Waals surface area contributed by atoms with Gasteiger partial charge in [0.2, 0.25) is 5.91 Å². The van der Waals surface area contributed by atoms with E-state index in [1.54, 1.807) is 5.01 Å². The molecular weight excluding hydrogens is 250 g/mol. The van der Waals surface area contributed by atoms with Crippen molar-refractivity contribution in [2.75, 3.05) is 18.6 Å². The van der Waals surface area contributed by atoms with Crippen LogP contribution in [0, 0.1) is 0 Å². The van der Waals surface area contributed by atoms with Crippen molar-refractivity contribution in [2.45, 2.75) is 44.1 Å². The van der Waals surface area contributed by atoms with E-state index in [-0.39, 0.29) is 11.4 Å². The fourth-order valence-corrected chi connectivity index (χ4v) is 3.50. The summed E-state index contributed by atoms with van der Waals surface area (Å²) in [5, 5.41) is 3.80. The maximum atomic E-state index is 11.8. The summed E-state index contributed by atoms with van der Waals surface area (Å²) in [5.41, 5.74) is 8.76. The van der Waals surface area contributed by atoms with Crippen LogP contribution in [0.3, 0.4) is 0 Å². The number of benzene rings is 1. The molecule has 1 aromatic rings. The Bertz CT molecular complexity index is 508. The zero-order valence-electron chi connectivity index (χ0n) is 12.1. The van der Waals surface area contributed by atoms with Crippen LogP contribution in [0.25, 0.3) is 0 Å². The van der Waals surface area contributed by atoms with Gasteiger partial charge in [-0.25, -0.2) is 0 Å². The van der Waals surface area contributed by atoms with Crippen LogP contribution in [0.1, 0.15) is 44.1 Å². The van der Waals surface area contributed by atoms with Gasteiger partial charge in [-0.3, -0.25) is 14.8 Å². The highest BCUT2D eigenvalue weighted by Crippen LogP contribution is 2.40. The smallest absolute Gasteiger partial charge is 0.242 e. The van der Waals surface area contributed by atoms with Crippen LogP contribution < -0.4 is 10.7 Å². The first-order valence-electron chi connectivity index (χ1n) is 7.54. The van der Waals surface area contributed by atoms with Gasteiger partial charge in [-0.15, -0.1) is 0 Å². The number of nitrogens with two attached hydrogens (primary N) is 1. The number of para-hydroxylation sites is 1. The monoisotopic (exact) mass is 273 g/mol. The van der Waals surface area contributed by atoms with Gasteiger partial charge in [-0.2, -0.15) is 0 Å². The summed E-state index contributed by atoms with van der Waals surface area (Å²) in [6, 6.07) is 8.31. The van der Waals surface area contributed by atoms with E-state index in [1.165, 1.54) is 24.8 Å². The summed E-state index contributed by atoms with van der Waals surface area (Å²) in [6.45, 7) is 0.752. The lowest BCUT2D eigenvalue weighted by molar-refractivity contribution is -0.126. The fourth-order valence-electron chi connectivity index (χ4n) is 3.50. The molecule has 108 valence electrons. The highest BCUT2D eigenvalue weighted by Gasteiger charge is 2.35. The third-order valence-electron chi connectivity index (χ3n) is 4.72. The quantitative estimate of drug-likeness (QED) is 0.900. The summed E-state index contributed by atoms with van der Waals surface area (Å²) >= 11 is 0. The van der Waals surface area contributed by atoms with Crippen LogP contribution in [0.5, 0.6) is 0 Å². The van der Waals surface area contributed by atoms with Crippen LogP contribution in [0.2, 0.25) is 0 Å². The Labute approximate surface area is 120 Å². The molecule has 0 bridgehead atoms. The molecule has 1 amide bonds. The molecule has 1 aromatic carbocycles. The molecule has 0 unspecified atom stereocenters. The molecule has 0 aromatic heterocycles. The van der Waals surface area contributed by atoms with Crippen molar-refractivity contribution in [1.29, 1.82) is 0 Å². The highest BCUT2D eigenvalue weighted by molar-refractivity contribution is 5.82. The summed E-state index contributed by atoms with van der Waals surface area (Å²) in [7, 11) is 1.84. The Morgan fingerprint density at radius 1 is 1.15 bits per heavy atom. The number of anilines is 1. The van der Waals surface area contributed by atoms with E-state index in [2.05, 4.69) is 23.2 Å². The first-order valence-corrected chi connectivity index (χ1v) is 7.54. The largest absolute Gasteiger partial charge is 0.321 e. The minimum absolute atomic E-state index is 0.175. The summed E-state index contributed by atoms with van der Waals surface area (Å²) in [4.78, 5) is 11.8. The van der Waals surface area contributed by atoms with Crippen LogP contribution in [-0.2, 0) is 10.3 Å². The fraction of sp³-hybridized carbons (Fsp3) is 0.562. The number of hydrogen-bond acceptors (Lipinski definition) is 3. The van der Waals surface area contributed by atoms with Crippen molar-refractivity contribution in [3.63, 3.8) is 0 Å². The lowest BCUT2D eigenvalue weighted by Gasteiger charge is -2.38. The average molecular weight is 273 g/mol. The van der Waals surface area contributed by atoms with Crippen molar-refractivity contribution in [3.05, 3.63) is 29.8 Å². The van der Waals surface area contributed by atoms with Crippen LogP contribution in [-0.4, -0.2) is 24.5 Å². The van der Waals surface area contributed by atoms with E-state index in [9.17, 15) is 4.79 Å². The van der Waals surface area contributed by atoms with E-state index in [0.717, 1.165) is 25.1 Å². The Kier molecular flexibility index (Phi) is 3.42. The van der Waals surface area contributed by atoms with Gasteiger partial charge >= 0.3 is 0 Å². The van der Waals surface area contributed by atoms with Gasteiger partial charge in [-0.05, 0) is 24.5 Å². The molecule has 3 rings (SSSR count).